The maximum Gasteiger partial charge on any atom is 0.258 e. The second kappa shape index (κ2) is 8.02. The first kappa shape index (κ1) is 21.0. The molecule has 34 heavy (non-hydrogen) atoms. The smallest absolute Gasteiger partial charge is 0.258 e. The number of nitrogens with zero attached hydrogens (tertiary/aromatic N) is 4. The second-order valence-electron chi connectivity index (χ2n) is 9.20. The summed E-state index contributed by atoms with van der Waals surface area (Å²) >= 11 is 1.39. The molecule has 8 nitrogen and oxygen atoms in total. The van der Waals surface area contributed by atoms with Crippen LogP contribution in [0.15, 0.2) is 35.8 Å². The van der Waals surface area contributed by atoms with Crippen molar-refractivity contribution in [2.24, 2.45) is 0 Å². The molecule has 172 valence electrons. The number of anilines is 2. The van der Waals surface area contributed by atoms with E-state index in [0.29, 0.717) is 29.5 Å². The van der Waals surface area contributed by atoms with Gasteiger partial charge >= 0.3 is 0 Å². The molecule has 4 aromatic rings. The lowest BCUT2D eigenvalue weighted by atomic mass is 9.99. The Hall–Kier alpha value is -3.59. The van der Waals surface area contributed by atoms with Crippen molar-refractivity contribution in [2.75, 3.05) is 10.6 Å². The van der Waals surface area contributed by atoms with Crippen molar-refractivity contribution >= 4 is 45.0 Å². The molecular weight excluding hydrogens is 448 g/mol. The van der Waals surface area contributed by atoms with E-state index in [9.17, 15) is 9.59 Å². The van der Waals surface area contributed by atoms with Crippen molar-refractivity contribution in [3.63, 3.8) is 0 Å². The Labute approximate surface area is 200 Å². The summed E-state index contributed by atoms with van der Waals surface area (Å²) in [7, 11) is 0. The predicted octanol–water partition coefficient (Wildman–Crippen LogP) is 5.15. The average Bonchev–Trinajstić information content (AvgIpc) is 3.42. The SMILES string of the molecule is CC(C)n1ncc2c(C(=O)Nc3nc(-c4ccc5c(c4)CCC(=O)N5)cs3)cc(C3CC3)nc21. The number of rotatable bonds is 5. The maximum atomic E-state index is 13.3. The molecule has 1 saturated carbocycles. The number of nitrogens with one attached hydrogen (secondary N) is 2. The van der Waals surface area contributed by atoms with Crippen molar-refractivity contribution in [3.8, 4) is 11.3 Å². The number of benzene rings is 1. The van der Waals surface area contributed by atoms with Crippen LogP contribution in [0.2, 0.25) is 0 Å². The van der Waals surface area contributed by atoms with E-state index in [1.54, 1.807) is 6.20 Å². The molecule has 0 spiro atoms. The summed E-state index contributed by atoms with van der Waals surface area (Å²) in [5.74, 6) is 0.270. The Bertz CT molecular complexity index is 1450. The van der Waals surface area contributed by atoms with Gasteiger partial charge in [-0.3, -0.25) is 14.9 Å². The van der Waals surface area contributed by atoms with Gasteiger partial charge in [-0.05, 0) is 56.9 Å². The number of amides is 2. The molecule has 0 bridgehead atoms. The van der Waals surface area contributed by atoms with Gasteiger partial charge < -0.3 is 5.32 Å². The van der Waals surface area contributed by atoms with Crippen LogP contribution in [0.4, 0.5) is 10.8 Å². The number of thiazole rings is 1. The van der Waals surface area contributed by atoms with Crippen LogP contribution >= 0.6 is 11.3 Å². The van der Waals surface area contributed by atoms with Crippen LogP contribution in [0.5, 0.6) is 0 Å². The highest BCUT2D eigenvalue weighted by molar-refractivity contribution is 7.14. The van der Waals surface area contributed by atoms with Crippen molar-refractivity contribution in [1.29, 1.82) is 0 Å². The van der Waals surface area contributed by atoms with Crippen LogP contribution in [0.3, 0.4) is 0 Å². The molecule has 3 aromatic heterocycles. The predicted molar refractivity (Wildman–Crippen MR) is 132 cm³/mol. The van der Waals surface area contributed by atoms with E-state index in [1.165, 1.54) is 11.3 Å². The molecule has 0 unspecified atom stereocenters. The third-order valence-electron chi connectivity index (χ3n) is 6.34. The quantitative estimate of drug-likeness (QED) is 0.418. The van der Waals surface area contributed by atoms with Gasteiger partial charge in [-0.25, -0.2) is 14.6 Å². The second-order valence-corrected chi connectivity index (χ2v) is 10.1. The van der Waals surface area contributed by atoms with Crippen LogP contribution in [-0.4, -0.2) is 31.6 Å². The Morgan fingerprint density at radius 1 is 1.21 bits per heavy atom. The number of hydrogen-bond donors (Lipinski definition) is 2. The summed E-state index contributed by atoms with van der Waals surface area (Å²) in [6.07, 6.45) is 5.15. The number of carbonyl (C=O) groups excluding carboxylic acids is 2. The van der Waals surface area contributed by atoms with E-state index in [-0.39, 0.29) is 17.9 Å². The average molecular weight is 473 g/mol. The van der Waals surface area contributed by atoms with Crippen molar-refractivity contribution in [1.82, 2.24) is 19.7 Å². The highest BCUT2D eigenvalue weighted by Crippen LogP contribution is 2.40. The van der Waals surface area contributed by atoms with Gasteiger partial charge in [0.15, 0.2) is 10.8 Å². The molecule has 1 fully saturated rings. The fourth-order valence-electron chi connectivity index (χ4n) is 4.36. The Kier molecular flexibility index (Phi) is 4.95. The van der Waals surface area contributed by atoms with E-state index in [0.717, 1.165) is 52.1 Å². The van der Waals surface area contributed by atoms with E-state index in [2.05, 4.69) is 40.6 Å². The number of pyridine rings is 1. The molecule has 2 N–H and O–H groups in total. The minimum absolute atomic E-state index is 0.0490. The van der Waals surface area contributed by atoms with Gasteiger partial charge in [0.1, 0.15) is 0 Å². The lowest BCUT2D eigenvalue weighted by Gasteiger charge is -2.17. The standard InChI is InChI=1S/C25H24N6O2S/c1-13(2)31-23-18(11-26-31)17(10-20(28-23)14-3-4-14)24(33)30-25-29-21(12-34-25)16-5-7-19-15(9-16)6-8-22(32)27-19/h5,7,9-14H,3-4,6,8H2,1-2H3,(H,27,32)(H,29,30,33). The zero-order chi connectivity index (χ0) is 23.4. The number of aryl methyl sites for hydroxylation is 1. The molecule has 0 saturated heterocycles. The van der Waals surface area contributed by atoms with Crippen LogP contribution in [0.1, 0.15) is 66.7 Å². The first-order valence-electron chi connectivity index (χ1n) is 11.5. The number of aromatic nitrogens is 4. The molecule has 0 radical (unpaired) electrons. The van der Waals surface area contributed by atoms with Crippen LogP contribution in [0, 0.1) is 0 Å². The van der Waals surface area contributed by atoms with E-state index in [4.69, 9.17) is 4.98 Å². The molecule has 6 rings (SSSR count). The van der Waals surface area contributed by atoms with E-state index < -0.39 is 0 Å². The number of fused-ring (bicyclic) bond motifs is 2. The van der Waals surface area contributed by atoms with Crippen molar-refractivity contribution in [3.05, 3.63) is 52.7 Å². The van der Waals surface area contributed by atoms with Gasteiger partial charge in [-0.1, -0.05) is 6.07 Å². The summed E-state index contributed by atoms with van der Waals surface area (Å²) in [6, 6.07) is 7.98. The molecule has 2 amide bonds. The van der Waals surface area contributed by atoms with Gasteiger partial charge in [0.05, 0.1) is 22.8 Å². The fraction of sp³-hybridized carbons (Fsp3) is 0.320. The fourth-order valence-corrected chi connectivity index (χ4v) is 5.08. The van der Waals surface area contributed by atoms with Gasteiger partial charge in [0.2, 0.25) is 5.91 Å². The number of carbonyl (C=O) groups is 2. The molecule has 1 aliphatic heterocycles. The molecule has 1 aliphatic carbocycles. The normalized spacial score (nSPS) is 15.4. The highest BCUT2D eigenvalue weighted by Gasteiger charge is 2.28. The minimum Gasteiger partial charge on any atom is -0.326 e. The largest absolute Gasteiger partial charge is 0.326 e. The Balaban J connectivity index is 1.29. The summed E-state index contributed by atoms with van der Waals surface area (Å²) < 4.78 is 1.87. The molecule has 4 heterocycles. The van der Waals surface area contributed by atoms with Crippen LogP contribution in [-0.2, 0) is 11.2 Å². The van der Waals surface area contributed by atoms with Crippen molar-refractivity contribution < 1.29 is 9.59 Å². The first-order chi connectivity index (χ1) is 16.5. The van der Waals surface area contributed by atoms with Crippen LogP contribution < -0.4 is 10.6 Å². The Morgan fingerprint density at radius 2 is 2.06 bits per heavy atom. The zero-order valence-corrected chi connectivity index (χ0v) is 19.8. The molecular formula is C25H24N6O2S. The summed E-state index contributed by atoms with van der Waals surface area (Å²) in [4.78, 5) is 34.4. The summed E-state index contributed by atoms with van der Waals surface area (Å²) in [5.41, 5.74) is 6.02. The maximum absolute atomic E-state index is 13.3. The topological polar surface area (TPSA) is 102 Å². The minimum atomic E-state index is -0.202. The number of hydrogen-bond acceptors (Lipinski definition) is 6. The van der Waals surface area contributed by atoms with Crippen LogP contribution in [0.25, 0.3) is 22.3 Å². The first-order valence-corrected chi connectivity index (χ1v) is 12.4. The lowest BCUT2D eigenvalue weighted by molar-refractivity contribution is -0.116. The van der Waals surface area contributed by atoms with E-state index in [1.807, 2.05) is 28.3 Å². The van der Waals surface area contributed by atoms with Gasteiger partial charge in [-0.15, -0.1) is 11.3 Å². The third-order valence-corrected chi connectivity index (χ3v) is 7.09. The van der Waals surface area contributed by atoms with E-state index >= 15 is 0 Å². The van der Waals surface area contributed by atoms with Gasteiger partial charge in [0, 0.05) is 40.7 Å². The molecule has 9 heteroatoms. The summed E-state index contributed by atoms with van der Waals surface area (Å²) in [5, 5.41) is 13.6. The van der Waals surface area contributed by atoms with Crippen molar-refractivity contribution in [2.45, 2.75) is 51.5 Å². The van der Waals surface area contributed by atoms with Gasteiger partial charge in [-0.2, -0.15) is 5.10 Å². The lowest BCUT2D eigenvalue weighted by Crippen LogP contribution is -2.18. The Morgan fingerprint density at radius 3 is 2.85 bits per heavy atom. The third kappa shape index (κ3) is 3.75. The molecule has 2 aliphatic rings. The van der Waals surface area contributed by atoms with Gasteiger partial charge in [0.25, 0.3) is 5.91 Å². The highest BCUT2D eigenvalue weighted by atomic mass is 32.1. The zero-order valence-electron chi connectivity index (χ0n) is 19.0. The molecule has 0 atom stereocenters. The molecule has 1 aromatic carbocycles. The summed E-state index contributed by atoms with van der Waals surface area (Å²) in [6.45, 7) is 4.12. The monoisotopic (exact) mass is 472 g/mol.